The standard InChI is InChI=1S/C7H7F3O2S/c8-7(9,10)6(12,4-11)5-2-1-3-13-5/h1-3,11-12H,4H2. The summed E-state index contributed by atoms with van der Waals surface area (Å²) >= 11 is 0.751. The molecule has 1 unspecified atom stereocenters. The van der Waals surface area contributed by atoms with Gasteiger partial charge in [0.25, 0.3) is 0 Å². The number of rotatable bonds is 2. The summed E-state index contributed by atoms with van der Waals surface area (Å²) in [5, 5.41) is 19.1. The molecule has 0 saturated carbocycles. The molecule has 1 aromatic rings. The SMILES string of the molecule is OCC(O)(c1cccs1)C(F)(F)F. The van der Waals surface area contributed by atoms with Gasteiger partial charge in [-0.15, -0.1) is 11.3 Å². The maximum Gasteiger partial charge on any atom is 0.424 e. The average Bonchev–Trinajstić information content (AvgIpc) is 2.52. The number of alkyl halides is 3. The third-order valence-corrected chi connectivity index (χ3v) is 2.65. The Hall–Kier alpha value is -0.590. The van der Waals surface area contributed by atoms with Crippen LogP contribution in [0, 0.1) is 0 Å². The molecule has 0 aromatic carbocycles. The highest BCUT2D eigenvalue weighted by Gasteiger charge is 2.55. The highest BCUT2D eigenvalue weighted by Crippen LogP contribution is 2.40. The van der Waals surface area contributed by atoms with Gasteiger partial charge in [-0.05, 0) is 11.4 Å². The molecule has 0 spiro atoms. The summed E-state index contributed by atoms with van der Waals surface area (Å²) in [6.07, 6.45) is -4.85. The fourth-order valence-corrected chi connectivity index (χ4v) is 1.66. The molecule has 0 radical (unpaired) electrons. The molecule has 0 fully saturated rings. The van der Waals surface area contributed by atoms with Crippen LogP contribution in [0.25, 0.3) is 0 Å². The van der Waals surface area contributed by atoms with E-state index < -0.39 is 18.4 Å². The monoisotopic (exact) mass is 212 g/mol. The van der Waals surface area contributed by atoms with Crippen LogP contribution in [0.4, 0.5) is 13.2 Å². The zero-order valence-corrected chi connectivity index (χ0v) is 7.19. The molecule has 0 aliphatic carbocycles. The predicted octanol–water partition coefficient (Wildman–Crippen LogP) is 1.49. The Morgan fingerprint density at radius 1 is 1.38 bits per heavy atom. The molecule has 2 N–H and O–H groups in total. The van der Waals surface area contributed by atoms with Crippen molar-refractivity contribution < 1.29 is 23.4 Å². The van der Waals surface area contributed by atoms with E-state index in [4.69, 9.17) is 10.2 Å². The molecule has 74 valence electrons. The van der Waals surface area contributed by atoms with Crippen molar-refractivity contribution >= 4 is 11.3 Å². The highest BCUT2D eigenvalue weighted by molar-refractivity contribution is 7.10. The highest BCUT2D eigenvalue weighted by atomic mass is 32.1. The molecule has 0 amide bonds. The summed E-state index contributed by atoms with van der Waals surface area (Å²) in [5.74, 6) is 0. The first kappa shape index (κ1) is 10.5. The van der Waals surface area contributed by atoms with Crippen molar-refractivity contribution in [2.24, 2.45) is 0 Å². The van der Waals surface area contributed by atoms with Crippen LogP contribution in [0.1, 0.15) is 4.88 Å². The Balaban J connectivity index is 3.09. The van der Waals surface area contributed by atoms with Gasteiger partial charge in [-0.1, -0.05) is 6.07 Å². The molecule has 0 aliphatic heterocycles. The van der Waals surface area contributed by atoms with Crippen LogP contribution in [0.5, 0.6) is 0 Å². The minimum absolute atomic E-state index is 0.303. The lowest BCUT2D eigenvalue weighted by Crippen LogP contribution is -2.44. The number of aliphatic hydroxyl groups excluding tert-OH is 1. The largest absolute Gasteiger partial charge is 0.424 e. The first-order valence-electron chi connectivity index (χ1n) is 3.36. The number of halogens is 3. The van der Waals surface area contributed by atoms with Crippen LogP contribution in [-0.4, -0.2) is 23.0 Å². The first-order valence-corrected chi connectivity index (χ1v) is 4.24. The molecule has 6 heteroatoms. The van der Waals surface area contributed by atoms with Gasteiger partial charge in [0.15, 0.2) is 0 Å². The molecule has 0 saturated heterocycles. The Bertz CT molecular complexity index is 270. The van der Waals surface area contributed by atoms with E-state index in [2.05, 4.69) is 0 Å². The van der Waals surface area contributed by atoms with E-state index >= 15 is 0 Å². The third-order valence-electron chi connectivity index (χ3n) is 1.63. The van der Waals surface area contributed by atoms with Crippen molar-refractivity contribution in [1.82, 2.24) is 0 Å². The maximum absolute atomic E-state index is 12.3. The van der Waals surface area contributed by atoms with Gasteiger partial charge < -0.3 is 10.2 Å². The van der Waals surface area contributed by atoms with Gasteiger partial charge in [0.2, 0.25) is 5.60 Å². The van der Waals surface area contributed by atoms with Gasteiger partial charge in [-0.2, -0.15) is 13.2 Å². The van der Waals surface area contributed by atoms with Gasteiger partial charge in [-0.25, -0.2) is 0 Å². The fourth-order valence-electron chi connectivity index (χ4n) is 0.821. The van der Waals surface area contributed by atoms with E-state index in [1.165, 1.54) is 11.4 Å². The summed E-state index contributed by atoms with van der Waals surface area (Å²) in [7, 11) is 0. The van der Waals surface area contributed by atoms with Gasteiger partial charge in [-0.3, -0.25) is 0 Å². The summed E-state index contributed by atoms with van der Waals surface area (Å²) < 4.78 is 36.8. The van der Waals surface area contributed by atoms with Crippen molar-refractivity contribution in [3.05, 3.63) is 22.4 Å². The smallest absolute Gasteiger partial charge is 0.393 e. The average molecular weight is 212 g/mol. The summed E-state index contributed by atoms with van der Waals surface area (Å²) in [6.45, 7) is -1.36. The normalized spacial score (nSPS) is 17.0. The van der Waals surface area contributed by atoms with Crippen LogP contribution in [-0.2, 0) is 5.60 Å². The molecule has 0 bridgehead atoms. The fraction of sp³-hybridized carbons (Fsp3) is 0.429. The Morgan fingerprint density at radius 2 is 2.00 bits per heavy atom. The Labute approximate surface area is 76.3 Å². The van der Waals surface area contributed by atoms with E-state index in [0.29, 0.717) is 0 Å². The van der Waals surface area contributed by atoms with Gasteiger partial charge >= 0.3 is 6.18 Å². The van der Waals surface area contributed by atoms with Crippen LogP contribution in [0.2, 0.25) is 0 Å². The quantitative estimate of drug-likeness (QED) is 0.779. The third kappa shape index (κ3) is 1.70. The zero-order valence-electron chi connectivity index (χ0n) is 6.38. The minimum atomic E-state index is -4.85. The number of hydrogen-bond donors (Lipinski definition) is 2. The molecule has 1 heterocycles. The molecule has 2 nitrogen and oxygen atoms in total. The lowest BCUT2D eigenvalue weighted by Gasteiger charge is -2.26. The number of thiophene rings is 1. The maximum atomic E-state index is 12.3. The lowest BCUT2D eigenvalue weighted by atomic mass is 10.0. The molecular formula is C7H7F3O2S. The van der Waals surface area contributed by atoms with Crippen LogP contribution in [0.15, 0.2) is 17.5 Å². The van der Waals surface area contributed by atoms with Crippen LogP contribution >= 0.6 is 11.3 Å². The van der Waals surface area contributed by atoms with E-state index in [1.807, 2.05) is 0 Å². The van der Waals surface area contributed by atoms with Crippen molar-refractivity contribution in [3.8, 4) is 0 Å². The predicted molar refractivity (Wildman–Crippen MR) is 41.4 cm³/mol. The Kier molecular flexibility index (Phi) is 2.65. The second kappa shape index (κ2) is 3.28. The zero-order chi connectivity index (χ0) is 10.1. The molecule has 1 rings (SSSR count). The number of aliphatic hydroxyl groups is 2. The van der Waals surface area contributed by atoms with Crippen LogP contribution in [0.3, 0.4) is 0 Å². The molecule has 13 heavy (non-hydrogen) atoms. The van der Waals surface area contributed by atoms with E-state index in [-0.39, 0.29) is 4.88 Å². The van der Waals surface area contributed by atoms with Crippen LogP contribution < -0.4 is 0 Å². The Morgan fingerprint density at radius 3 is 2.31 bits per heavy atom. The number of hydrogen-bond acceptors (Lipinski definition) is 3. The van der Waals surface area contributed by atoms with E-state index in [9.17, 15) is 13.2 Å². The second-order valence-corrected chi connectivity index (χ2v) is 3.44. The molecule has 0 aliphatic rings. The van der Waals surface area contributed by atoms with Crippen molar-refractivity contribution in [3.63, 3.8) is 0 Å². The second-order valence-electron chi connectivity index (χ2n) is 2.49. The minimum Gasteiger partial charge on any atom is -0.393 e. The van der Waals surface area contributed by atoms with E-state index in [1.54, 1.807) is 0 Å². The van der Waals surface area contributed by atoms with Crippen molar-refractivity contribution in [2.45, 2.75) is 11.8 Å². The van der Waals surface area contributed by atoms with Crippen molar-refractivity contribution in [1.29, 1.82) is 0 Å². The van der Waals surface area contributed by atoms with Crippen molar-refractivity contribution in [2.75, 3.05) is 6.61 Å². The molecular weight excluding hydrogens is 205 g/mol. The summed E-state index contributed by atoms with van der Waals surface area (Å²) in [5.41, 5.74) is -3.12. The van der Waals surface area contributed by atoms with Gasteiger partial charge in [0.05, 0.1) is 6.61 Å². The van der Waals surface area contributed by atoms with E-state index in [0.717, 1.165) is 17.4 Å². The summed E-state index contributed by atoms with van der Waals surface area (Å²) in [6, 6.07) is 2.51. The molecule has 1 atom stereocenters. The first-order chi connectivity index (χ1) is 5.92. The molecule has 1 aromatic heterocycles. The topological polar surface area (TPSA) is 40.5 Å². The lowest BCUT2D eigenvalue weighted by molar-refractivity contribution is -0.276. The van der Waals surface area contributed by atoms with Gasteiger partial charge in [0, 0.05) is 4.88 Å². The van der Waals surface area contributed by atoms with Gasteiger partial charge in [0.1, 0.15) is 0 Å². The summed E-state index contributed by atoms with van der Waals surface area (Å²) in [4.78, 5) is -0.303.